The first-order valence-electron chi connectivity index (χ1n) is 8.43. The van der Waals surface area contributed by atoms with Crippen LogP contribution < -0.4 is 4.74 Å². The van der Waals surface area contributed by atoms with Crippen molar-refractivity contribution in [2.45, 2.75) is 32.5 Å². The zero-order valence-electron chi connectivity index (χ0n) is 14.4. The van der Waals surface area contributed by atoms with Crippen LogP contribution in [0.5, 0.6) is 5.75 Å². The number of esters is 1. The molecule has 3 rings (SSSR count). The van der Waals surface area contributed by atoms with Crippen molar-refractivity contribution in [2.24, 2.45) is 5.92 Å². The van der Waals surface area contributed by atoms with Crippen molar-refractivity contribution in [1.29, 1.82) is 0 Å². The van der Waals surface area contributed by atoms with E-state index in [1.54, 1.807) is 23.1 Å². The summed E-state index contributed by atoms with van der Waals surface area (Å²) in [6.07, 6.45) is 0.460. The molecular formula is C18H22ClNO5. The Bertz CT molecular complexity index is 655. The predicted molar refractivity (Wildman–Crippen MR) is 91.7 cm³/mol. The average Bonchev–Trinajstić information content (AvgIpc) is 2.57. The summed E-state index contributed by atoms with van der Waals surface area (Å²) in [6.45, 7) is 4.86. The van der Waals surface area contributed by atoms with Gasteiger partial charge in [0, 0.05) is 18.1 Å². The molecular weight excluding hydrogens is 346 g/mol. The van der Waals surface area contributed by atoms with Gasteiger partial charge in [0.05, 0.1) is 18.1 Å². The van der Waals surface area contributed by atoms with E-state index >= 15 is 0 Å². The largest absolute Gasteiger partial charge is 0.492 e. The van der Waals surface area contributed by atoms with Gasteiger partial charge in [-0.2, -0.15) is 0 Å². The van der Waals surface area contributed by atoms with Gasteiger partial charge in [-0.05, 0) is 44.0 Å². The van der Waals surface area contributed by atoms with Gasteiger partial charge in [-0.3, -0.25) is 9.59 Å². The molecule has 1 aromatic carbocycles. The highest BCUT2D eigenvalue weighted by molar-refractivity contribution is 6.30. The summed E-state index contributed by atoms with van der Waals surface area (Å²) in [5.41, 5.74) is 0.878. The van der Waals surface area contributed by atoms with Gasteiger partial charge in [0.15, 0.2) is 6.61 Å². The lowest BCUT2D eigenvalue weighted by Crippen LogP contribution is -2.49. The number of morpholine rings is 1. The van der Waals surface area contributed by atoms with Crippen LogP contribution in [0.4, 0.5) is 0 Å². The molecule has 0 spiro atoms. The third kappa shape index (κ3) is 4.44. The highest BCUT2D eigenvalue weighted by Gasteiger charge is 2.30. The molecule has 25 heavy (non-hydrogen) atoms. The number of benzene rings is 1. The number of hydrogen-bond donors (Lipinski definition) is 0. The number of carbonyl (C=O) groups excluding carboxylic acids is 2. The van der Waals surface area contributed by atoms with Crippen LogP contribution in [0.15, 0.2) is 18.2 Å². The number of amides is 1. The second-order valence-corrected chi connectivity index (χ2v) is 7.06. The molecule has 1 saturated heterocycles. The zero-order valence-corrected chi connectivity index (χ0v) is 15.1. The molecule has 0 aliphatic carbocycles. The lowest BCUT2D eigenvalue weighted by atomic mass is 9.97. The lowest BCUT2D eigenvalue weighted by Gasteiger charge is -2.35. The first-order valence-corrected chi connectivity index (χ1v) is 8.81. The Morgan fingerprint density at radius 3 is 2.72 bits per heavy atom. The number of hydrogen-bond acceptors (Lipinski definition) is 5. The highest BCUT2D eigenvalue weighted by atomic mass is 35.5. The summed E-state index contributed by atoms with van der Waals surface area (Å²) in [5, 5.41) is 0.599. The Morgan fingerprint density at radius 2 is 2.00 bits per heavy atom. The summed E-state index contributed by atoms with van der Waals surface area (Å²) < 4.78 is 16.4. The van der Waals surface area contributed by atoms with E-state index in [4.69, 9.17) is 25.8 Å². The van der Waals surface area contributed by atoms with Crippen LogP contribution >= 0.6 is 11.6 Å². The monoisotopic (exact) mass is 367 g/mol. The second-order valence-electron chi connectivity index (χ2n) is 6.63. The summed E-state index contributed by atoms with van der Waals surface area (Å²) in [6, 6.07) is 5.34. The predicted octanol–water partition coefficient (Wildman–Crippen LogP) is 2.07. The molecule has 1 fully saturated rings. The summed E-state index contributed by atoms with van der Waals surface area (Å²) in [7, 11) is 0. The summed E-state index contributed by atoms with van der Waals surface area (Å²) in [5.74, 6) is -0.314. The van der Waals surface area contributed by atoms with Crippen LogP contribution in [0.1, 0.15) is 19.4 Å². The number of carbonyl (C=O) groups is 2. The first-order chi connectivity index (χ1) is 11.9. The number of nitrogens with zero attached hydrogens (tertiary/aromatic N) is 1. The van der Waals surface area contributed by atoms with Gasteiger partial charge in [0.25, 0.3) is 5.91 Å². The minimum Gasteiger partial charge on any atom is -0.492 e. The van der Waals surface area contributed by atoms with E-state index in [2.05, 4.69) is 0 Å². The van der Waals surface area contributed by atoms with Crippen LogP contribution in [0.25, 0.3) is 0 Å². The first kappa shape index (κ1) is 18.0. The van der Waals surface area contributed by atoms with Crippen LogP contribution in [-0.4, -0.2) is 55.3 Å². The highest BCUT2D eigenvalue weighted by Crippen LogP contribution is 2.30. The molecule has 0 radical (unpaired) electrons. The smallest absolute Gasteiger partial charge is 0.313 e. The Kier molecular flexibility index (Phi) is 5.49. The van der Waals surface area contributed by atoms with Crippen LogP contribution in [-0.2, 0) is 25.5 Å². The summed E-state index contributed by atoms with van der Waals surface area (Å²) >= 11 is 5.98. The molecule has 0 unspecified atom stereocenters. The molecule has 6 nitrogen and oxygen atoms in total. The van der Waals surface area contributed by atoms with E-state index in [0.29, 0.717) is 24.5 Å². The standard InChI is InChI=1S/C18H22ClNO5/c1-11-7-20(8-12(2)25-11)17(21)10-24-18(22)14-5-13-6-15(19)3-4-16(13)23-9-14/h3-4,6,11-12,14H,5,7-10H2,1-2H3/t11-,12-,14-/m1/s1. The Morgan fingerprint density at radius 1 is 1.28 bits per heavy atom. The molecule has 1 aromatic rings. The van der Waals surface area contributed by atoms with Crippen molar-refractivity contribution in [3.05, 3.63) is 28.8 Å². The van der Waals surface area contributed by atoms with E-state index in [9.17, 15) is 9.59 Å². The Labute approximate surface area is 152 Å². The van der Waals surface area contributed by atoms with Gasteiger partial charge < -0.3 is 19.1 Å². The van der Waals surface area contributed by atoms with E-state index in [1.165, 1.54) is 0 Å². The third-order valence-corrected chi connectivity index (χ3v) is 4.61. The maximum absolute atomic E-state index is 12.3. The van der Waals surface area contributed by atoms with E-state index in [0.717, 1.165) is 11.3 Å². The van der Waals surface area contributed by atoms with E-state index in [1.807, 2.05) is 13.8 Å². The fourth-order valence-corrected chi connectivity index (χ4v) is 3.43. The number of fused-ring (bicyclic) bond motifs is 1. The van der Waals surface area contributed by atoms with Crippen LogP contribution in [0, 0.1) is 5.92 Å². The minimum absolute atomic E-state index is 0.0172. The quantitative estimate of drug-likeness (QED) is 0.765. The fraction of sp³-hybridized carbons (Fsp3) is 0.556. The van der Waals surface area contributed by atoms with E-state index < -0.39 is 11.9 Å². The Hall–Kier alpha value is -1.79. The summed E-state index contributed by atoms with van der Waals surface area (Å²) in [4.78, 5) is 26.2. The lowest BCUT2D eigenvalue weighted by molar-refractivity contribution is -0.160. The van der Waals surface area contributed by atoms with Gasteiger partial charge >= 0.3 is 5.97 Å². The topological polar surface area (TPSA) is 65.1 Å². The van der Waals surface area contributed by atoms with Gasteiger partial charge in [-0.1, -0.05) is 11.6 Å². The average molecular weight is 368 g/mol. The maximum Gasteiger partial charge on any atom is 0.313 e. The van der Waals surface area contributed by atoms with Crippen LogP contribution in [0.2, 0.25) is 5.02 Å². The normalized spacial score (nSPS) is 25.7. The van der Waals surface area contributed by atoms with Gasteiger partial charge in [-0.15, -0.1) is 0 Å². The molecule has 0 bridgehead atoms. The van der Waals surface area contributed by atoms with Crippen molar-refractivity contribution in [3.63, 3.8) is 0 Å². The number of halogens is 1. The number of ether oxygens (including phenoxy) is 3. The van der Waals surface area contributed by atoms with Gasteiger partial charge in [0.2, 0.25) is 0 Å². The molecule has 0 N–H and O–H groups in total. The molecule has 2 heterocycles. The van der Waals surface area contributed by atoms with E-state index in [-0.39, 0.29) is 31.3 Å². The maximum atomic E-state index is 12.3. The van der Waals surface area contributed by atoms with Gasteiger partial charge in [0.1, 0.15) is 12.4 Å². The molecule has 2 aliphatic heterocycles. The van der Waals surface area contributed by atoms with Crippen LogP contribution in [0.3, 0.4) is 0 Å². The minimum atomic E-state index is -0.429. The van der Waals surface area contributed by atoms with Crippen molar-refractivity contribution in [1.82, 2.24) is 4.90 Å². The SMILES string of the molecule is C[C@@H]1CN(C(=O)COC(=O)[C@H]2COc3ccc(Cl)cc3C2)C[C@@H](C)O1. The molecule has 0 aromatic heterocycles. The molecule has 7 heteroatoms. The van der Waals surface area contributed by atoms with Gasteiger partial charge in [-0.25, -0.2) is 0 Å². The molecule has 136 valence electrons. The Balaban J connectivity index is 1.52. The molecule has 2 aliphatic rings. The second kappa shape index (κ2) is 7.62. The third-order valence-electron chi connectivity index (χ3n) is 4.37. The molecule has 1 amide bonds. The number of rotatable bonds is 3. The fourth-order valence-electron chi connectivity index (χ4n) is 3.24. The van der Waals surface area contributed by atoms with Crippen molar-refractivity contribution in [3.8, 4) is 5.75 Å². The zero-order chi connectivity index (χ0) is 18.0. The van der Waals surface area contributed by atoms with Crippen molar-refractivity contribution < 1.29 is 23.8 Å². The van der Waals surface area contributed by atoms with Crippen molar-refractivity contribution in [2.75, 3.05) is 26.3 Å². The molecule has 0 saturated carbocycles. The van der Waals surface area contributed by atoms with Crippen molar-refractivity contribution >= 4 is 23.5 Å². The molecule has 3 atom stereocenters.